The number of nitrogens with zero attached hydrogens (tertiary/aromatic N) is 1. The molecule has 1 heterocycles. The van der Waals surface area contributed by atoms with E-state index in [0.717, 1.165) is 22.5 Å². The van der Waals surface area contributed by atoms with Gasteiger partial charge in [-0.15, -0.1) is 0 Å². The maximum atomic E-state index is 13.5. The molecule has 100 valence electrons. The predicted octanol–water partition coefficient (Wildman–Crippen LogP) is 1.11. The SMILES string of the molecule is O=S(=O)(c1c(F)cccc1F)N1CCCC(O)C1. The second kappa shape index (κ2) is 4.91. The second-order valence-electron chi connectivity index (χ2n) is 4.21. The maximum Gasteiger partial charge on any atom is 0.249 e. The summed E-state index contributed by atoms with van der Waals surface area (Å²) < 4.78 is 52.1. The van der Waals surface area contributed by atoms with E-state index in [0.29, 0.717) is 12.8 Å². The van der Waals surface area contributed by atoms with E-state index in [1.165, 1.54) is 0 Å². The van der Waals surface area contributed by atoms with E-state index in [4.69, 9.17) is 0 Å². The van der Waals surface area contributed by atoms with Crippen molar-refractivity contribution in [3.63, 3.8) is 0 Å². The van der Waals surface area contributed by atoms with Gasteiger partial charge < -0.3 is 5.11 Å². The molecule has 7 heteroatoms. The van der Waals surface area contributed by atoms with Gasteiger partial charge in [-0.1, -0.05) is 6.07 Å². The fraction of sp³-hybridized carbons (Fsp3) is 0.455. The van der Waals surface area contributed by atoms with Gasteiger partial charge in [0.1, 0.15) is 11.6 Å². The number of rotatable bonds is 2. The van der Waals surface area contributed by atoms with Gasteiger partial charge in [0.15, 0.2) is 4.90 Å². The third kappa shape index (κ3) is 2.38. The van der Waals surface area contributed by atoms with Crippen LogP contribution in [-0.2, 0) is 10.0 Å². The molecule has 18 heavy (non-hydrogen) atoms. The lowest BCUT2D eigenvalue weighted by Gasteiger charge is -2.29. The Hall–Kier alpha value is -1.05. The minimum Gasteiger partial charge on any atom is -0.392 e. The monoisotopic (exact) mass is 277 g/mol. The molecule has 0 spiro atoms. The van der Waals surface area contributed by atoms with Crippen molar-refractivity contribution in [2.45, 2.75) is 23.8 Å². The lowest BCUT2D eigenvalue weighted by atomic mass is 10.1. The topological polar surface area (TPSA) is 57.6 Å². The van der Waals surface area contributed by atoms with Crippen molar-refractivity contribution in [2.24, 2.45) is 0 Å². The highest BCUT2D eigenvalue weighted by molar-refractivity contribution is 7.89. The number of β-amino-alcohol motifs (C(OH)–C–C–N with tert-alkyl or cyclic N) is 1. The molecule has 1 aromatic carbocycles. The summed E-state index contributed by atoms with van der Waals surface area (Å²) >= 11 is 0. The van der Waals surface area contributed by atoms with E-state index in [1.807, 2.05) is 0 Å². The van der Waals surface area contributed by atoms with Crippen molar-refractivity contribution in [1.82, 2.24) is 4.31 Å². The molecule has 1 aromatic rings. The molecular weight excluding hydrogens is 264 g/mol. The van der Waals surface area contributed by atoms with Gasteiger partial charge in [-0.25, -0.2) is 17.2 Å². The molecule has 1 atom stereocenters. The average molecular weight is 277 g/mol. The zero-order valence-electron chi connectivity index (χ0n) is 9.51. The van der Waals surface area contributed by atoms with Crippen molar-refractivity contribution in [3.8, 4) is 0 Å². The number of hydrogen-bond acceptors (Lipinski definition) is 3. The largest absolute Gasteiger partial charge is 0.392 e. The molecule has 0 amide bonds. The lowest BCUT2D eigenvalue weighted by molar-refractivity contribution is 0.107. The van der Waals surface area contributed by atoms with E-state index in [1.54, 1.807) is 0 Å². The minimum absolute atomic E-state index is 0.129. The van der Waals surface area contributed by atoms with Gasteiger partial charge in [0.25, 0.3) is 0 Å². The van der Waals surface area contributed by atoms with E-state index in [9.17, 15) is 22.3 Å². The molecule has 2 rings (SSSR count). The van der Waals surface area contributed by atoms with Crippen molar-refractivity contribution in [3.05, 3.63) is 29.8 Å². The third-order valence-corrected chi connectivity index (χ3v) is 4.79. The zero-order chi connectivity index (χ0) is 13.3. The van der Waals surface area contributed by atoms with Crippen LogP contribution in [0.4, 0.5) is 8.78 Å². The highest BCUT2D eigenvalue weighted by Crippen LogP contribution is 2.25. The van der Waals surface area contributed by atoms with Crippen LogP contribution in [0.2, 0.25) is 0 Å². The number of piperidine rings is 1. The fourth-order valence-electron chi connectivity index (χ4n) is 2.00. The van der Waals surface area contributed by atoms with Gasteiger partial charge in [0.05, 0.1) is 6.10 Å². The molecule has 0 aromatic heterocycles. The third-order valence-electron chi connectivity index (χ3n) is 2.88. The molecule has 0 bridgehead atoms. The Kier molecular flexibility index (Phi) is 3.65. The summed E-state index contributed by atoms with van der Waals surface area (Å²) in [6, 6.07) is 2.90. The summed E-state index contributed by atoms with van der Waals surface area (Å²) in [5, 5.41) is 9.43. The van der Waals surface area contributed by atoms with Crippen LogP contribution in [0.15, 0.2) is 23.1 Å². The summed E-state index contributed by atoms with van der Waals surface area (Å²) in [6.07, 6.45) is 0.172. The Bertz CT molecular complexity index is 527. The highest BCUT2D eigenvalue weighted by Gasteiger charge is 2.33. The van der Waals surface area contributed by atoms with Crippen LogP contribution in [0.3, 0.4) is 0 Å². The van der Waals surface area contributed by atoms with Crippen LogP contribution in [0.5, 0.6) is 0 Å². The van der Waals surface area contributed by atoms with Gasteiger partial charge in [-0.05, 0) is 25.0 Å². The molecular formula is C11H13F2NO3S. The zero-order valence-corrected chi connectivity index (χ0v) is 10.3. The molecule has 1 aliphatic heterocycles. The molecule has 0 saturated carbocycles. The van der Waals surface area contributed by atoms with Crippen LogP contribution >= 0.6 is 0 Å². The van der Waals surface area contributed by atoms with Crippen LogP contribution in [0.1, 0.15) is 12.8 Å². The first kappa shape index (κ1) is 13.4. The number of aliphatic hydroxyl groups excluding tert-OH is 1. The molecule has 0 aliphatic carbocycles. The molecule has 1 fully saturated rings. The number of hydrogen-bond donors (Lipinski definition) is 1. The summed E-state index contributed by atoms with van der Waals surface area (Å²) in [4.78, 5) is -0.945. The number of aliphatic hydroxyl groups is 1. The minimum atomic E-state index is -4.23. The molecule has 1 N–H and O–H groups in total. The summed E-state index contributed by atoms with van der Waals surface area (Å²) in [5.41, 5.74) is 0. The van der Waals surface area contributed by atoms with Crippen molar-refractivity contribution in [1.29, 1.82) is 0 Å². The maximum absolute atomic E-state index is 13.5. The van der Waals surface area contributed by atoms with E-state index >= 15 is 0 Å². The summed E-state index contributed by atoms with van der Waals surface area (Å²) in [7, 11) is -4.23. The number of halogens is 2. The first-order valence-corrected chi connectivity index (χ1v) is 6.99. The average Bonchev–Trinajstić information content (AvgIpc) is 2.28. The van der Waals surface area contributed by atoms with Crippen molar-refractivity contribution < 1.29 is 22.3 Å². The van der Waals surface area contributed by atoms with Crippen LogP contribution < -0.4 is 0 Å². The highest BCUT2D eigenvalue weighted by atomic mass is 32.2. The van der Waals surface area contributed by atoms with Gasteiger partial charge in [0, 0.05) is 13.1 Å². The first-order chi connectivity index (χ1) is 8.43. The molecule has 0 radical (unpaired) electrons. The van der Waals surface area contributed by atoms with Crippen LogP contribution in [0.25, 0.3) is 0 Å². The van der Waals surface area contributed by atoms with Gasteiger partial charge in [-0.2, -0.15) is 4.31 Å². The molecule has 1 unspecified atom stereocenters. The molecule has 4 nitrogen and oxygen atoms in total. The summed E-state index contributed by atoms with van der Waals surface area (Å²) in [5.74, 6) is -2.23. The van der Waals surface area contributed by atoms with Crippen molar-refractivity contribution in [2.75, 3.05) is 13.1 Å². The van der Waals surface area contributed by atoms with Gasteiger partial charge in [-0.3, -0.25) is 0 Å². The Morgan fingerprint density at radius 1 is 1.28 bits per heavy atom. The Balaban J connectivity index is 2.42. The molecule has 1 saturated heterocycles. The smallest absolute Gasteiger partial charge is 0.249 e. The van der Waals surface area contributed by atoms with E-state index in [2.05, 4.69) is 0 Å². The van der Waals surface area contributed by atoms with E-state index in [-0.39, 0.29) is 13.1 Å². The quantitative estimate of drug-likeness (QED) is 0.881. The summed E-state index contributed by atoms with van der Waals surface area (Å²) in [6.45, 7) is 0.0310. The standard InChI is InChI=1S/C11H13F2NO3S/c12-9-4-1-5-10(13)11(9)18(16,17)14-6-2-3-8(15)7-14/h1,4-5,8,15H,2-3,6-7H2. The first-order valence-electron chi connectivity index (χ1n) is 5.55. The fourth-order valence-corrected chi connectivity index (χ4v) is 3.62. The Labute approximate surface area is 104 Å². The Morgan fingerprint density at radius 3 is 2.44 bits per heavy atom. The van der Waals surface area contributed by atoms with Crippen LogP contribution in [0, 0.1) is 11.6 Å². The van der Waals surface area contributed by atoms with Crippen molar-refractivity contribution >= 4 is 10.0 Å². The normalized spacial score (nSPS) is 22.1. The molecule has 1 aliphatic rings. The lowest BCUT2D eigenvalue weighted by Crippen LogP contribution is -2.42. The van der Waals surface area contributed by atoms with Gasteiger partial charge in [0.2, 0.25) is 10.0 Å². The van der Waals surface area contributed by atoms with E-state index < -0.39 is 32.7 Å². The van der Waals surface area contributed by atoms with Crippen LogP contribution in [-0.4, -0.2) is 37.0 Å². The predicted molar refractivity (Wildman–Crippen MR) is 60.4 cm³/mol. The second-order valence-corrected chi connectivity index (χ2v) is 6.08. The number of sulfonamides is 1. The number of benzene rings is 1. The van der Waals surface area contributed by atoms with Gasteiger partial charge >= 0.3 is 0 Å². The Morgan fingerprint density at radius 2 is 1.89 bits per heavy atom.